The SMILES string of the molecule is C=C1CCC[C@@]1(C)[C@]1(C(=O)O)CC=C(C)CC1. The van der Waals surface area contributed by atoms with Crippen LogP contribution in [0.5, 0.6) is 0 Å². The summed E-state index contributed by atoms with van der Waals surface area (Å²) in [5, 5.41) is 9.75. The third kappa shape index (κ3) is 1.65. The number of aliphatic carboxylic acids is 1. The fraction of sp³-hybridized carbons (Fsp3) is 0.667. The largest absolute Gasteiger partial charge is 0.481 e. The van der Waals surface area contributed by atoms with Crippen molar-refractivity contribution in [3.63, 3.8) is 0 Å². The Balaban J connectivity index is 2.42. The third-order valence-electron chi connectivity index (χ3n) is 5.15. The van der Waals surface area contributed by atoms with Crippen molar-refractivity contribution in [2.45, 2.75) is 52.4 Å². The van der Waals surface area contributed by atoms with Gasteiger partial charge in [-0.05, 0) is 45.4 Å². The van der Waals surface area contributed by atoms with E-state index < -0.39 is 11.4 Å². The van der Waals surface area contributed by atoms with Crippen molar-refractivity contribution < 1.29 is 9.90 Å². The van der Waals surface area contributed by atoms with E-state index in [0.29, 0.717) is 6.42 Å². The summed E-state index contributed by atoms with van der Waals surface area (Å²) in [6.07, 6.45) is 7.53. The van der Waals surface area contributed by atoms with Crippen molar-refractivity contribution >= 4 is 5.97 Å². The molecule has 2 nitrogen and oxygen atoms in total. The van der Waals surface area contributed by atoms with Gasteiger partial charge >= 0.3 is 5.97 Å². The van der Waals surface area contributed by atoms with Crippen LogP contribution in [0.25, 0.3) is 0 Å². The number of carboxylic acids is 1. The van der Waals surface area contributed by atoms with E-state index in [2.05, 4.69) is 26.5 Å². The van der Waals surface area contributed by atoms with Crippen molar-refractivity contribution in [1.82, 2.24) is 0 Å². The molecule has 17 heavy (non-hydrogen) atoms. The van der Waals surface area contributed by atoms with E-state index in [0.717, 1.165) is 37.7 Å². The van der Waals surface area contributed by atoms with Gasteiger partial charge in [0.2, 0.25) is 0 Å². The maximum atomic E-state index is 11.9. The van der Waals surface area contributed by atoms with Crippen LogP contribution in [0.2, 0.25) is 0 Å². The molecule has 0 amide bonds. The minimum absolute atomic E-state index is 0.212. The smallest absolute Gasteiger partial charge is 0.310 e. The van der Waals surface area contributed by atoms with Crippen LogP contribution in [0.15, 0.2) is 23.8 Å². The summed E-state index contributed by atoms with van der Waals surface area (Å²) in [4.78, 5) is 11.9. The van der Waals surface area contributed by atoms with Crippen LogP contribution in [0.1, 0.15) is 52.4 Å². The molecule has 0 saturated heterocycles. The summed E-state index contributed by atoms with van der Waals surface area (Å²) in [5.74, 6) is -0.633. The van der Waals surface area contributed by atoms with E-state index in [1.54, 1.807) is 0 Å². The standard InChI is InChI=1S/C15H22O2/c1-11-6-9-15(10-7-11,13(16)17)14(3)8-4-5-12(14)2/h6H,2,4-5,7-10H2,1,3H3,(H,16,17)/t14-,15-/m1/s1. The number of allylic oxidation sites excluding steroid dienone is 3. The van der Waals surface area contributed by atoms with Crippen LogP contribution < -0.4 is 0 Å². The second-order valence-corrected chi connectivity index (χ2v) is 5.93. The minimum Gasteiger partial charge on any atom is -0.481 e. The van der Waals surface area contributed by atoms with Crippen LogP contribution in [0.4, 0.5) is 0 Å². The van der Waals surface area contributed by atoms with E-state index >= 15 is 0 Å². The second-order valence-electron chi connectivity index (χ2n) is 5.93. The van der Waals surface area contributed by atoms with E-state index in [1.807, 2.05) is 0 Å². The lowest BCUT2D eigenvalue weighted by Gasteiger charge is -2.46. The Morgan fingerprint density at radius 2 is 2.12 bits per heavy atom. The molecule has 2 heteroatoms. The first kappa shape index (κ1) is 12.4. The molecule has 1 saturated carbocycles. The molecule has 0 bridgehead atoms. The van der Waals surface area contributed by atoms with Gasteiger partial charge in [-0.2, -0.15) is 0 Å². The lowest BCUT2D eigenvalue weighted by Crippen LogP contribution is -2.46. The Kier molecular flexibility index (Phi) is 2.92. The predicted octanol–water partition coefficient (Wildman–Crippen LogP) is 3.93. The Labute approximate surface area is 103 Å². The van der Waals surface area contributed by atoms with Gasteiger partial charge in [0.1, 0.15) is 0 Å². The molecule has 0 aliphatic heterocycles. The molecule has 0 aromatic heterocycles. The summed E-state index contributed by atoms with van der Waals surface area (Å²) in [7, 11) is 0. The van der Waals surface area contributed by atoms with Gasteiger partial charge in [-0.25, -0.2) is 0 Å². The van der Waals surface area contributed by atoms with Gasteiger partial charge < -0.3 is 5.11 Å². The second kappa shape index (κ2) is 4.01. The Bertz CT molecular complexity index is 394. The zero-order chi connectivity index (χ0) is 12.7. The van der Waals surface area contributed by atoms with E-state index in [-0.39, 0.29) is 5.41 Å². The number of hydrogen-bond acceptors (Lipinski definition) is 1. The zero-order valence-corrected chi connectivity index (χ0v) is 10.9. The van der Waals surface area contributed by atoms with Gasteiger partial charge in [-0.15, -0.1) is 0 Å². The van der Waals surface area contributed by atoms with Crippen LogP contribution in [-0.2, 0) is 4.79 Å². The average molecular weight is 234 g/mol. The normalized spacial score (nSPS) is 38.0. The molecule has 2 rings (SSSR count). The lowest BCUT2D eigenvalue weighted by molar-refractivity contribution is -0.156. The molecule has 2 aliphatic carbocycles. The van der Waals surface area contributed by atoms with Gasteiger partial charge in [0.05, 0.1) is 5.41 Å². The van der Waals surface area contributed by atoms with Crippen LogP contribution in [0.3, 0.4) is 0 Å². The van der Waals surface area contributed by atoms with Crippen molar-refractivity contribution in [1.29, 1.82) is 0 Å². The van der Waals surface area contributed by atoms with Gasteiger partial charge in [0.15, 0.2) is 0 Å². The first-order chi connectivity index (χ1) is 7.92. The highest BCUT2D eigenvalue weighted by Gasteiger charge is 2.56. The van der Waals surface area contributed by atoms with E-state index in [1.165, 1.54) is 5.57 Å². The maximum absolute atomic E-state index is 11.9. The molecule has 1 N–H and O–H groups in total. The fourth-order valence-electron chi connectivity index (χ4n) is 3.58. The number of rotatable bonds is 2. The van der Waals surface area contributed by atoms with E-state index in [4.69, 9.17) is 0 Å². The highest BCUT2D eigenvalue weighted by Crippen LogP contribution is 2.59. The van der Waals surface area contributed by atoms with Crippen molar-refractivity contribution in [3.8, 4) is 0 Å². The van der Waals surface area contributed by atoms with Crippen molar-refractivity contribution in [3.05, 3.63) is 23.8 Å². The van der Waals surface area contributed by atoms with E-state index in [9.17, 15) is 9.90 Å². The molecular weight excluding hydrogens is 212 g/mol. The highest BCUT2D eigenvalue weighted by atomic mass is 16.4. The molecule has 0 aromatic rings. The molecule has 0 unspecified atom stereocenters. The third-order valence-corrected chi connectivity index (χ3v) is 5.15. The molecule has 1 fully saturated rings. The van der Waals surface area contributed by atoms with Gasteiger partial charge in [-0.1, -0.05) is 30.7 Å². The van der Waals surface area contributed by atoms with Crippen molar-refractivity contribution in [2.75, 3.05) is 0 Å². The molecule has 2 aliphatic rings. The average Bonchev–Trinajstić information content (AvgIpc) is 2.61. The Morgan fingerprint density at radius 1 is 1.41 bits per heavy atom. The zero-order valence-electron chi connectivity index (χ0n) is 10.9. The minimum atomic E-state index is -0.633. The summed E-state index contributed by atoms with van der Waals surface area (Å²) < 4.78 is 0. The summed E-state index contributed by atoms with van der Waals surface area (Å²) in [6.45, 7) is 8.36. The van der Waals surface area contributed by atoms with Gasteiger partial charge in [0, 0.05) is 5.41 Å². The van der Waals surface area contributed by atoms with Crippen molar-refractivity contribution in [2.24, 2.45) is 10.8 Å². The summed E-state index contributed by atoms with van der Waals surface area (Å²) in [5.41, 5.74) is 1.65. The quantitative estimate of drug-likeness (QED) is 0.735. The molecule has 0 radical (unpaired) electrons. The molecule has 2 atom stereocenters. The molecular formula is C15H22O2. The molecule has 0 aromatic carbocycles. The summed E-state index contributed by atoms with van der Waals surface area (Å²) >= 11 is 0. The monoisotopic (exact) mass is 234 g/mol. The fourth-order valence-corrected chi connectivity index (χ4v) is 3.58. The predicted molar refractivity (Wildman–Crippen MR) is 68.8 cm³/mol. The first-order valence-corrected chi connectivity index (χ1v) is 6.50. The Morgan fingerprint density at radius 3 is 2.53 bits per heavy atom. The topological polar surface area (TPSA) is 37.3 Å². The molecule has 0 spiro atoms. The van der Waals surface area contributed by atoms with Crippen LogP contribution in [0, 0.1) is 10.8 Å². The number of carboxylic acid groups (broad SMARTS) is 1. The Hall–Kier alpha value is -1.05. The number of carbonyl (C=O) groups is 1. The summed E-state index contributed by atoms with van der Waals surface area (Å²) in [6, 6.07) is 0. The highest BCUT2D eigenvalue weighted by molar-refractivity contribution is 5.77. The maximum Gasteiger partial charge on any atom is 0.310 e. The van der Waals surface area contributed by atoms with Crippen LogP contribution in [-0.4, -0.2) is 11.1 Å². The lowest BCUT2D eigenvalue weighted by atomic mass is 9.56. The van der Waals surface area contributed by atoms with Gasteiger partial charge in [-0.3, -0.25) is 4.79 Å². The van der Waals surface area contributed by atoms with Crippen LogP contribution >= 0.6 is 0 Å². The first-order valence-electron chi connectivity index (χ1n) is 6.50. The van der Waals surface area contributed by atoms with Gasteiger partial charge in [0.25, 0.3) is 0 Å². The molecule has 0 heterocycles. The number of hydrogen-bond donors (Lipinski definition) is 1. The molecule has 94 valence electrons.